The number of amides is 1. The van der Waals surface area contributed by atoms with Gasteiger partial charge in [0.25, 0.3) is 5.91 Å². The average Bonchev–Trinajstić information content (AvgIpc) is 2.61. The maximum absolute atomic E-state index is 12.0. The quantitative estimate of drug-likeness (QED) is 0.700. The normalized spacial score (nSPS) is 11.5. The van der Waals surface area contributed by atoms with Crippen molar-refractivity contribution in [2.75, 3.05) is 20.3 Å². The molecule has 0 heterocycles. The monoisotopic (exact) mass is 383 g/mol. The summed E-state index contributed by atoms with van der Waals surface area (Å²) in [7, 11) is 1.60. The van der Waals surface area contributed by atoms with Crippen LogP contribution >= 0.6 is 23.2 Å². The molecule has 0 aromatic heterocycles. The molecule has 0 radical (unpaired) electrons. The number of rotatable bonds is 8. The van der Waals surface area contributed by atoms with Crippen LogP contribution in [0.2, 0.25) is 10.0 Å². The van der Waals surface area contributed by atoms with Gasteiger partial charge in [0.1, 0.15) is 23.9 Å². The first-order valence-electron chi connectivity index (χ1n) is 7.66. The molecule has 1 unspecified atom stereocenters. The fourth-order valence-electron chi connectivity index (χ4n) is 1.97. The molecule has 0 aliphatic heterocycles. The molecule has 0 saturated carbocycles. The first-order valence-corrected chi connectivity index (χ1v) is 8.41. The molecule has 134 valence electrons. The Morgan fingerprint density at radius 1 is 1.12 bits per heavy atom. The molecule has 5 nitrogen and oxygen atoms in total. The number of carbonyl (C=O) groups excluding carboxylic acids is 1. The predicted octanol–water partition coefficient (Wildman–Crippen LogP) is 3.96. The molecular formula is C18H19Cl2NO4. The second-order valence-corrected chi connectivity index (χ2v) is 5.99. The van der Waals surface area contributed by atoms with Crippen molar-refractivity contribution in [3.8, 4) is 17.2 Å². The van der Waals surface area contributed by atoms with Gasteiger partial charge in [-0.05, 0) is 49.4 Å². The molecule has 2 aromatic rings. The number of benzene rings is 2. The van der Waals surface area contributed by atoms with Crippen LogP contribution in [0, 0.1) is 0 Å². The van der Waals surface area contributed by atoms with E-state index in [2.05, 4.69) is 5.32 Å². The van der Waals surface area contributed by atoms with Gasteiger partial charge in [-0.25, -0.2) is 0 Å². The van der Waals surface area contributed by atoms with Crippen molar-refractivity contribution in [2.24, 2.45) is 0 Å². The number of nitrogens with one attached hydrogen (secondary N) is 1. The Kier molecular flexibility index (Phi) is 7.22. The topological polar surface area (TPSA) is 56.8 Å². The Bertz CT molecular complexity index is 707. The van der Waals surface area contributed by atoms with E-state index in [9.17, 15) is 4.79 Å². The zero-order valence-corrected chi connectivity index (χ0v) is 15.4. The molecule has 1 atom stereocenters. The molecular weight excluding hydrogens is 365 g/mol. The summed E-state index contributed by atoms with van der Waals surface area (Å²) in [6, 6.07) is 12.0. The minimum Gasteiger partial charge on any atom is -0.497 e. The maximum atomic E-state index is 12.0. The highest BCUT2D eigenvalue weighted by molar-refractivity contribution is 6.35. The Labute approximate surface area is 156 Å². The molecule has 7 heteroatoms. The van der Waals surface area contributed by atoms with Crippen LogP contribution in [0.1, 0.15) is 6.92 Å². The number of carbonyl (C=O) groups is 1. The van der Waals surface area contributed by atoms with Gasteiger partial charge in [-0.3, -0.25) is 4.79 Å². The van der Waals surface area contributed by atoms with Gasteiger partial charge < -0.3 is 19.5 Å². The SMILES string of the molecule is COc1ccc(OCCNC(=O)C(C)Oc2ccc(Cl)cc2Cl)cc1. The lowest BCUT2D eigenvalue weighted by Gasteiger charge is -2.16. The molecule has 0 aliphatic rings. The minimum atomic E-state index is -0.695. The molecule has 0 saturated heterocycles. The van der Waals surface area contributed by atoms with Gasteiger partial charge in [0, 0.05) is 5.02 Å². The first kappa shape index (κ1) is 19.2. The van der Waals surface area contributed by atoms with Gasteiger partial charge in [0.2, 0.25) is 0 Å². The van der Waals surface area contributed by atoms with E-state index in [0.717, 1.165) is 5.75 Å². The van der Waals surface area contributed by atoms with Crippen LogP contribution in [0.15, 0.2) is 42.5 Å². The summed E-state index contributed by atoms with van der Waals surface area (Å²) in [6.07, 6.45) is -0.695. The minimum absolute atomic E-state index is 0.260. The Balaban J connectivity index is 1.73. The van der Waals surface area contributed by atoms with Crippen molar-refractivity contribution in [3.05, 3.63) is 52.5 Å². The molecule has 0 aliphatic carbocycles. The van der Waals surface area contributed by atoms with E-state index in [1.54, 1.807) is 56.5 Å². The van der Waals surface area contributed by atoms with Crippen LogP contribution in [0.25, 0.3) is 0 Å². The lowest BCUT2D eigenvalue weighted by Crippen LogP contribution is -2.38. The highest BCUT2D eigenvalue weighted by Crippen LogP contribution is 2.28. The number of ether oxygens (including phenoxy) is 3. The van der Waals surface area contributed by atoms with E-state index in [1.807, 2.05) is 0 Å². The Morgan fingerprint density at radius 3 is 2.44 bits per heavy atom. The van der Waals surface area contributed by atoms with Gasteiger partial charge in [0.15, 0.2) is 6.10 Å². The molecule has 0 fully saturated rings. The van der Waals surface area contributed by atoms with Crippen molar-refractivity contribution >= 4 is 29.1 Å². The fourth-order valence-corrected chi connectivity index (χ4v) is 2.43. The summed E-state index contributed by atoms with van der Waals surface area (Å²) in [5.41, 5.74) is 0. The first-order chi connectivity index (χ1) is 12.0. The van der Waals surface area contributed by atoms with Crippen LogP contribution < -0.4 is 19.5 Å². The van der Waals surface area contributed by atoms with Crippen LogP contribution in [-0.4, -0.2) is 32.3 Å². The van der Waals surface area contributed by atoms with E-state index in [1.165, 1.54) is 0 Å². The third-order valence-electron chi connectivity index (χ3n) is 3.30. The second kappa shape index (κ2) is 9.39. The zero-order valence-electron chi connectivity index (χ0n) is 13.9. The highest BCUT2D eigenvalue weighted by Gasteiger charge is 2.15. The van der Waals surface area contributed by atoms with E-state index in [-0.39, 0.29) is 5.91 Å². The third-order valence-corrected chi connectivity index (χ3v) is 3.83. The molecule has 1 amide bonds. The Hall–Kier alpha value is -2.11. The molecule has 1 N–H and O–H groups in total. The summed E-state index contributed by atoms with van der Waals surface area (Å²) >= 11 is 11.9. The second-order valence-electron chi connectivity index (χ2n) is 5.15. The van der Waals surface area contributed by atoms with E-state index in [4.69, 9.17) is 37.4 Å². The molecule has 25 heavy (non-hydrogen) atoms. The van der Waals surface area contributed by atoms with Gasteiger partial charge in [-0.15, -0.1) is 0 Å². The van der Waals surface area contributed by atoms with Crippen molar-refractivity contribution in [3.63, 3.8) is 0 Å². The Morgan fingerprint density at radius 2 is 1.80 bits per heavy atom. The largest absolute Gasteiger partial charge is 0.497 e. The lowest BCUT2D eigenvalue weighted by atomic mass is 10.3. The van der Waals surface area contributed by atoms with Crippen molar-refractivity contribution in [2.45, 2.75) is 13.0 Å². The van der Waals surface area contributed by atoms with Gasteiger partial charge in [0.05, 0.1) is 18.7 Å². The van der Waals surface area contributed by atoms with E-state index < -0.39 is 6.10 Å². The standard InChI is InChI=1S/C18H19Cl2NO4/c1-12(25-17-8-3-13(19)11-16(17)20)18(22)21-9-10-24-15-6-4-14(23-2)5-7-15/h3-8,11-12H,9-10H2,1-2H3,(H,21,22). The summed E-state index contributed by atoms with van der Waals surface area (Å²) < 4.78 is 16.2. The summed E-state index contributed by atoms with van der Waals surface area (Å²) in [5.74, 6) is 1.60. The maximum Gasteiger partial charge on any atom is 0.260 e. The molecule has 0 spiro atoms. The molecule has 0 bridgehead atoms. The van der Waals surface area contributed by atoms with Gasteiger partial charge >= 0.3 is 0 Å². The molecule has 2 aromatic carbocycles. The van der Waals surface area contributed by atoms with Crippen LogP contribution in [0.4, 0.5) is 0 Å². The highest BCUT2D eigenvalue weighted by atomic mass is 35.5. The summed E-state index contributed by atoms with van der Waals surface area (Å²) in [4.78, 5) is 12.0. The lowest BCUT2D eigenvalue weighted by molar-refractivity contribution is -0.127. The fraction of sp³-hybridized carbons (Fsp3) is 0.278. The number of methoxy groups -OCH3 is 1. The summed E-state index contributed by atoms with van der Waals surface area (Å²) in [6.45, 7) is 2.34. The van der Waals surface area contributed by atoms with Crippen molar-refractivity contribution < 1.29 is 19.0 Å². The van der Waals surface area contributed by atoms with E-state index >= 15 is 0 Å². The molecule has 2 rings (SSSR count). The summed E-state index contributed by atoms with van der Waals surface area (Å²) in [5, 5.41) is 3.60. The van der Waals surface area contributed by atoms with Gasteiger partial charge in [-0.1, -0.05) is 23.2 Å². The van der Waals surface area contributed by atoms with Crippen LogP contribution in [0.3, 0.4) is 0 Å². The van der Waals surface area contributed by atoms with Crippen LogP contribution in [0.5, 0.6) is 17.2 Å². The van der Waals surface area contributed by atoms with Gasteiger partial charge in [-0.2, -0.15) is 0 Å². The number of halogens is 2. The van der Waals surface area contributed by atoms with E-state index in [0.29, 0.717) is 34.7 Å². The zero-order chi connectivity index (χ0) is 18.2. The smallest absolute Gasteiger partial charge is 0.260 e. The predicted molar refractivity (Wildman–Crippen MR) is 98.1 cm³/mol. The van der Waals surface area contributed by atoms with Crippen LogP contribution in [-0.2, 0) is 4.79 Å². The average molecular weight is 384 g/mol. The number of hydrogen-bond acceptors (Lipinski definition) is 4. The van der Waals surface area contributed by atoms with Crippen molar-refractivity contribution in [1.82, 2.24) is 5.32 Å². The number of hydrogen-bond donors (Lipinski definition) is 1. The third kappa shape index (κ3) is 6.03. The van der Waals surface area contributed by atoms with Crippen molar-refractivity contribution in [1.29, 1.82) is 0 Å².